The van der Waals surface area contributed by atoms with Gasteiger partial charge in [-0.2, -0.15) is 0 Å². The highest BCUT2D eigenvalue weighted by Crippen LogP contribution is 2.19. The third kappa shape index (κ3) is 3.52. The summed E-state index contributed by atoms with van der Waals surface area (Å²) in [6, 6.07) is 0. The zero-order valence-corrected chi connectivity index (χ0v) is 11.0. The van der Waals surface area contributed by atoms with Crippen LogP contribution in [0.3, 0.4) is 0 Å². The Balaban J connectivity index is 2.78. The smallest absolute Gasteiger partial charge is 0.116 e. The fraction of sp³-hybridized carbons (Fsp3) is 0.600. The fourth-order valence-corrected chi connectivity index (χ4v) is 2.50. The maximum Gasteiger partial charge on any atom is 0.116 e. The number of aryl methyl sites for hydroxylation is 1. The zero-order chi connectivity index (χ0) is 11.4. The van der Waals surface area contributed by atoms with Crippen LogP contribution in [0.25, 0.3) is 0 Å². The van der Waals surface area contributed by atoms with E-state index >= 15 is 0 Å². The van der Waals surface area contributed by atoms with Crippen molar-refractivity contribution in [1.29, 1.82) is 0 Å². The van der Waals surface area contributed by atoms with Gasteiger partial charge in [0.25, 0.3) is 0 Å². The first-order valence-corrected chi connectivity index (χ1v) is 6.20. The second-order valence-corrected chi connectivity index (χ2v) is 5.18. The van der Waals surface area contributed by atoms with Crippen LogP contribution in [0.4, 0.5) is 0 Å². The second-order valence-electron chi connectivity index (χ2n) is 3.65. The zero-order valence-electron chi connectivity index (χ0n) is 9.41. The van der Waals surface area contributed by atoms with Crippen molar-refractivity contribution in [2.45, 2.75) is 19.8 Å². The number of nitrogens with zero attached hydrogens (tertiary/aromatic N) is 2. The minimum Gasteiger partial charge on any atom is -0.389 e. The van der Waals surface area contributed by atoms with Gasteiger partial charge >= 0.3 is 0 Å². The summed E-state index contributed by atoms with van der Waals surface area (Å²) in [6.07, 6.45) is 1.86. The Kier molecular flexibility index (Phi) is 4.63. The molecule has 0 saturated heterocycles. The highest BCUT2D eigenvalue weighted by molar-refractivity contribution is 7.81. The van der Waals surface area contributed by atoms with E-state index in [9.17, 15) is 0 Å². The Labute approximate surface area is 100 Å². The van der Waals surface area contributed by atoms with E-state index in [2.05, 4.69) is 30.9 Å². The van der Waals surface area contributed by atoms with Gasteiger partial charge in [-0.25, -0.2) is 4.98 Å². The van der Waals surface area contributed by atoms with Crippen LogP contribution in [0.5, 0.6) is 0 Å². The summed E-state index contributed by atoms with van der Waals surface area (Å²) in [5.41, 5.74) is 6.69. The highest BCUT2D eigenvalue weighted by Gasteiger charge is 2.11. The van der Waals surface area contributed by atoms with Crippen molar-refractivity contribution in [2.24, 2.45) is 5.73 Å². The van der Waals surface area contributed by atoms with Crippen LogP contribution in [0.2, 0.25) is 0 Å². The molecule has 15 heavy (non-hydrogen) atoms. The SMILES string of the molecule is CCc1nc(CCN(C)C)sc1C(N)=S. The average Bonchev–Trinajstić information content (AvgIpc) is 2.57. The molecule has 0 fully saturated rings. The molecule has 0 aliphatic rings. The lowest BCUT2D eigenvalue weighted by Gasteiger charge is -2.06. The fourth-order valence-electron chi connectivity index (χ4n) is 1.26. The first-order valence-electron chi connectivity index (χ1n) is 4.97. The molecule has 2 N–H and O–H groups in total. The summed E-state index contributed by atoms with van der Waals surface area (Å²) in [6.45, 7) is 3.08. The highest BCUT2D eigenvalue weighted by atomic mass is 32.1. The van der Waals surface area contributed by atoms with E-state index in [1.165, 1.54) is 0 Å². The van der Waals surface area contributed by atoms with Gasteiger partial charge in [0, 0.05) is 13.0 Å². The Bertz CT molecular complexity index is 344. The van der Waals surface area contributed by atoms with E-state index in [1.54, 1.807) is 11.3 Å². The molecule has 0 atom stereocenters. The van der Waals surface area contributed by atoms with Crippen molar-refractivity contribution in [3.05, 3.63) is 15.6 Å². The normalized spacial score (nSPS) is 10.9. The molecule has 1 aromatic heterocycles. The van der Waals surface area contributed by atoms with Crippen LogP contribution in [0.1, 0.15) is 22.5 Å². The molecule has 0 radical (unpaired) electrons. The maximum absolute atomic E-state index is 5.65. The molecule has 0 unspecified atom stereocenters. The number of thiazole rings is 1. The average molecular weight is 243 g/mol. The lowest BCUT2D eigenvalue weighted by Crippen LogP contribution is -2.14. The third-order valence-corrected chi connectivity index (χ3v) is 3.60. The Hall–Kier alpha value is -0.520. The maximum atomic E-state index is 5.65. The van der Waals surface area contributed by atoms with E-state index in [1.807, 2.05) is 0 Å². The molecule has 84 valence electrons. The number of hydrogen-bond donors (Lipinski definition) is 1. The number of hydrogen-bond acceptors (Lipinski definition) is 4. The Morgan fingerprint density at radius 2 is 2.20 bits per heavy atom. The van der Waals surface area contributed by atoms with Crippen molar-refractivity contribution in [1.82, 2.24) is 9.88 Å². The molecule has 1 aromatic rings. The quantitative estimate of drug-likeness (QED) is 0.795. The Morgan fingerprint density at radius 3 is 2.60 bits per heavy atom. The molecule has 0 aliphatic carbocycles. The second kappa shape index (κ2) is 5.53. The molecule has 5 heteroatoms. The van der Waals surface area contributed by atoms with E-state index in [0.717, 1.165) is 35.0 Å². The van der Waals surface area contributed by atoms with E-state index in [0.29, 0.717) is 4.99 Å². The summed E-state index contributed by atoms with van der Waals surface area (Å²) in [5, 5.41) is 1.13. The lowest BCUT2D eigenvalue weighted by atomic mass is 10.3. The van der Waals surface area contributed by atoms with E-state index < -0.39 is 0 Å². The van der Waals surface area contributed by atoms with Gasteiger partial charge < -0.3 is 10.6 Å². The molecular weight excluding hydrogens is 226 g/mol. The van der Waals surface area contributed by atoms with Crippen molar-refractivity contribution in [2.75, 3.05) is 20.6 Å². The summed E-state index contributed by atoms with van der Waals surface area (Å²) >= 11 is 6.63. The Morgan fingerprint density at radius 1 is 1.53 bits per heavy atom. The molecule has 0 amide bonds. The van der Waals surface area contributed by atoms with Crippen LogP contribution >= 0.6 is 23.6 Å². The van der Waals surface area contributed by atoms with Crippen LogP contribution < -0.4 is 5.73 Å². The van der Waals surface area contributed by atoms with Crippen molar-refractivity contribution in [3.63, 3.8) is 0 Å². The molecule has 0 bridgehead atoms. The van der Waals surface area contributed by atoms with Crippen LogP contribution in [-0.2, 0) is 12.8 Å². The van der Waals surface area contributed by atoms with Gasteiger partial charge in [-0.3, -0.25) is 0 Å². The van der Waals surface area contributed by atoms with Crippen LogP contribution in [0.15, 0.2) is 0 Å². The van der Waals surface area contributed by atoms with Gasteiger partial charge in [0.2, 0.25) is 0 Å². The van der Waals surface area contributed by atoms with Crippen molar-refractivity contribution < 1.29 is 0 Å². The number of thiocarbonyl (C=S) groups is 1. The number of aromatic nitrogens is 1. The first-order chi connectivity index (χ1) is 7.04. The first kappa shape index (κ1) is 12.5. The molecule has 1 rings (SSSR count). The molecule has 0 aliphatic heterocycles. The predicted octanol–water partition coefficient (Wildman–Crippen LogP) is 1.44. The predicted molar refractivity (Wildman–Crippen MR) is 69.6 cm³/mol. The minimum atomic E-state index is 0.473. The molecule has 0 saturated carbocycles. The third-order valence-electron chi connectivity index (χ3n) is 2.07. The topological polar surface area (TPSA) is 42.2 Å². The van der Waals surface area contributed by atoms with Gasteiger partial charge in [-0.1, -0.05) is 19.1 Å². The molecule has 0 aromatic carbocycles. The number of rotatable bonds is 5. The summed E-state index contributed by atoms with van der Waals surface area (Å²) in [7, 11) is 4.12. The lowest BCUT2D eigenvalue weighted by molar-refractivity contribution is 0.413. The van der Waals surface area contributed by atoms with Crippen LogP contribution in [0, 0.1) is 0 Å². The molecular formula is C10H17N3S2. The molecule has 0 spiro atoms. The van der Waals surface area contributed by atoms with Crippen molar-refractivity contribution >= 4 is 28.5 Å². The summed E-state index contributed by atoms with van der Waals surface area (Å²) in [5.74, 6) is 0. The van der Waals surface area contributed by atoms with Gasteiger partial charge in [0.1, 0.15) is 4.99 Å². The summed E-state index contributed by atoms with van der Waals surface area (Å²) in [4.78, 5) is 8.15. The van der Waals surface area contributed by atoms with Crippen molar-refractivity contribution in [3.8, 4) is 0 Å². The van der Waals surface area contributed by atoms with Gasteiger partial charge in [-0.15, -0.1) is 11.3 Å². The van der Waals surface area contributed by atoms with Gasteiger partial charge in [0.05, 0.1) is 15.6 Å². The van der Waals surface area contributed by atoms with Gasteiger partial charge in [-0.05, 0) is 20.5 Å². The monoisotopic (exact) mass is 243 g/mol. The largest absolute Gasteiger partial charge is 0.389 e. The number of nitrogens with two attached hydrogens (primary N) is 1. The molecule has 3 nitrogen and oxygen atoms in total. The van der Waals surface area contributed by atoms with E-state index in [4.69, 9.17) is 18.0 Å². The van der Waals surface area contributed by atoms with E-state index in [-0.39, 0.29) is 0 Å². The molecule has 1 heterocycles. The standard InChI is InChI=1S/C10H17N3S2/c1-4-7-9(10(11)14)15-8(12-7)5-6-13(2)3/h4-6H2,1-3H3,(H2,11,14). The van der Waals surface area contributed by atoms with Crippen LogP contribution in [-0.4, -0.2) is 35.5 Å². The minimum absolute atomic E-state index is 0.473. The van der Waals surface area contributed by atoms with Gasteiger partial charge in [0.15, 0.2) is 0 Å². The number of likely N-dealkylation sites (N-methyl/N-ethyl adjacent to an activating group) is 1. The summed E-state index contributed by atoms with van der Waals surface area (Å²) < 4.78 is 0.